The molecule has 3 aromatic carbocycles. The molecule has 5 nitrogen and oxygen atoms in total. The van der Waals surface area contributed by atoms with Crippen molar-refractivity contribution in [2.45, 2.75) is 27.3 Å². The van der Waals surface area contributed by atoms with Crippen LogP contribution in [0.15, 0.2) is 71.7 Å². The summed E-state index contributed by atoms with van der Waals surface area (Å²) in [5.74, 6) is 0.830. The molecule has 0 saturated heterocycles. The number of thiazole rings is 1. The van der Waals surface area contributed by atoms with Crippen molar-refractivity contribution in [3.8, 4) is 11.5 Å². The third-order valence-corrected chi connectivity index (χ3v) is 6.29. The zero-order valence-electron chi connectivity index (χ0n) is 18.5. The highest BCUT2D eigenvalue weighted by Gasteiger charge is 2.15. The minimum absolute atomic E-state index is 0.331. The zero-order chi connectivity index (χ0) is 22.5. The maximum atomic E-state index is 13.3. The molecule has 0 aliphatic carbocycles. The van der Waals surface area contributed by atoms with Gasteiger partial charge < -0.3 is 14.0 Å². The van der Waals surface area contributed by atoms with Crippen LogP contribution in [0.5, 0.6) is 11.5 Å². The molecule has 0 N–H and O–H groups in total. The molecule has 0 unspecified atom stereocenters. The van der Waals surface area contributed by atoms with Crippen molar-refractivity contribution in [1.82, 2.24) is 4.57 Å². The minimum Gasteiger partial charge on any atom is -0.457 e. The Balaban J connectivity index is 1.77. The molecule has 4 aromatic rings. The van der Waals surface area contributed by atoms with Crippen molar-refractivity contribution < 1.29 is 14.3 Å². The van der Waals surface area contributed by atoms with Crippen LogP contribution in [0, 0.1) is 13.8 Å². The Morgan fingerprint density at radius 1 is 1.03 bits per heavy atom. The predicted molar refractivity (Wildman–Crippen MR) is 129 cm³/mol. The molecule has 32 heavy (non-hydrogen) atoms. The van der Waals surface area contributed by atoms with Gasteiger partial charge in [-0.3, -0.25) is 4.79 Å². The van der Waals surface area contributed by atoms with Crippen LogP contribution in [0.1, 0.15) is 28.4 Å². The first kappa shape index (κ1) is 22.0. The molecule has 0 aliphatic rings. The topological polar surface area (TPSA) is 52.8 Å². The number of aromatic nitrogens is 1. The van der Waals surface area contributed by atoms with E-state index in [1.165, 1.54) is 22.5 Å². The summed E-state index contributed by atoms with van der Waals surface area (Å²) in [5.41, 5.74) is 3.86. The Hall–Kier alpha value is -3.22. The molecule has 0 saturated carbocycles. The van der Waals surface area contributed by atoms with Crippen LogP contribution < -0.4 is 9.54 Å². The van der Waals surface area contributed by atoms with Gasteiger partial charge >= 0.3 is 0 Å². The number of ether oxygens (including phenoxy) is 2. The minimum atomic E-state index is -0.331. The van der Waals surface area contributed by atoms with E-state index in [4.69, 9.17) is 9.47 Å². The van der Waals surface area contributed by atoms with Gasteiger partial charge in [0.1, 0.15) is 11.5 Å². The van der Waals surface area contributed by atoms with Gasteiger partial charge in [0.2, 0.25) is 0 Å². The third-order valence-electron chi connectivity index (χ3n) is 5.06. The average molecular weight is 447 g/mol. The van der Waals surface area contributed by atoms with Crippen molar-refractivity contribution in [3.05, 3.63) is 88.2 Å². The van der Waals surface area contributed by atoms with E-state index in [1.807, 2.05) is 49.4 Å². The molecule has 1 heterocycles. The number of amides is 1. The number of carbonyl (C=O) groups is 1. The van der Waals surface area contributed by atoms with Crippen LogP contribution in [0.3, 0.4) is 0 Å². The molecule has 4 rings (SSSR count). The van der Waals surface area contributed by atoms with Crippen molar-refractivity contribution in [2.24, 2.45) is 4.99 Å². The predicted octanol–water partition coefficient (Wildman–Crippen LogP) is 5.89. The molecule has 0 spiro atoms. The summed E-state index contributed by atoms with van der Waals surface area (Å²) in [6.45, 7) is 7.98. The Morgan fingerprint density at radius 2 is 1.78 bits per heavy atom. The lowest BCUT2D eigenvalue weighted by molar-refractivity contribution is 0.0994. The lowest BCUT2D eigenvalue weighted by atomic mass is 10.1. The van der Waals surface area contributed by atoms with Gasteiger partial charge in [-0.15, -0.1) is 0 Å². The van der Waals surface area contributed by atoms with E-state index in [-0.39, 0.29) is 5.91 Å². The van der Waals surface area contributed by atoms with Crippen LogP contribution in [0.2, 0.25) is 0 Å². The average Bonchev–Trinajstić information content (AvgIpc) is 3.12. The largest absolute Gasteiger partial charge is 0.457 e. The van der Waals surface area contributed by atoms with E-state index in [1.54, 1.807) is 12.1 Å². The van der Waals surface area contributed by atoms with Crippen LogP contribution in [-0.4, -0.2) is 23.7 Å². The number of hydrogen-bond acceptors (Lipinski definition) is 4. The summed E-state index contributed by atoms with van der Waals surface area (Å²) < 4.78 is 14.8. The van der Waals surface area contributed by atoms with Crippen LogP contribution in [0.25, 0.3) is 10.2 Å². The Labute approximate surface area is 191 Å². The summed E-state index contributed by atoms with van der Waals surface area (Å²) in [5, 5.41) is 0. The quantitative estimate of drug-likeness (QED) is 0.333. The number of carbonyl (C=O) groups excluding carboxylic acids is 1. The van der Waals surface area contributed by atoms with Gasteiger partial charge in [0.15, 0.2) is 4.80 Å². The van der Waals surface area contributed by atoms with Crippen molar-refractivity contribution in [1.29, 1.82) is 0 Å². The van der Waals surface area contributed by atoms with Crippen molar-refractivity contribution in [3.63, 3.8) is 0 Å². The smallest absolute Gasteiger partial charge is 0.283 e. The third kappa shape index (κ3) is 4.82. The van der Waals surface area contributed by atoms with Gasteiger partial charge in [0, 0.05) is 13.2 Å². The van der Waals surface area contributed by atoms with E-state index in [0.717, 1.165) is 10.2 Å². The first-order chi connectivity index (χ1) is 15.6. The van der Waals surface area contributed by atoms with E-state index in [9.17, 15) is 4.79 Å². The fourth-order valence-corrected chi connectivity index (χ4v) is 4.71. The number of nitrogens with zero attached hydrogens (tertiary/aromatic N) is 2. The Bertz CT molecular complexity index is 1310. The monoisotopic (exact) mass is 446 g/mol. The first-order valence-corrected chi connectivity index (χ1v) is 11.5. The number of hydrogen-bond donors (Lipinski definition) is 0. The van der Waals surface area contributed by atoms with Crippen LogP contribution >= 0.6 is 11.3 Å². The molecular formula is C26H26N2O3S. The van der Waals surface area contributed by atoms with E-state index in [0.29, 0.717) is 41.6 Å². The van der Waals surface area contributed by atoms with Gasteiger partial charge in [-0.2, -0.15) is 4.99 Å². The second-order valence-corrected chi connectivity index (χ2v) is 8.47. The van der Waals surface area contributed by atoms with Gasteiger partial charge in [-0.05, 0) is 62.2 Å². The number of aryl methyl sites for hydroxylation is 2. The highest BCUT2D eigenvalue weighted by Crippen LogP contribution is 2.26. The highest BCUT2D eigenvalue weighted by molar-refractivity contribution is 7.16. The summed E-state index contributed by atoms with van der Waals surface area (Å²) in [7, 11) is 0. The van der Waals surface area contributed by atoms with Gasteiger partial charge in [-0.25, -0.2) is 0 Å². The molecule has 6 heteroatoms. The van der Waals surface area contributed by atoms with Gasteiger partial charge in [0.25, 0.3) is 5.91 Å². The fourth-order valence-electron chi connectivity index (χ4n) is 3.61. The van der Waals surface area contributed by atoms with Gasteiger partial charge in [-0.1, -0.05) is 47.7 Å². The molecule has 0 radical (unpaired) electrons. The van der Waals surface area contributed by atoms with Crippen molar-refractivity contribution in [2.75, 3.05) is 13.2 Å². The van der Waals surface area contributed by atoms with E-state index >= 15 is 0 Å². The molecule has 0 atom stereocenters. The Morgan fingerprint density at radius 3 is 2.56 bits per heavy atom. The highest BCUT2D eigenvalue weighted by atomic mass is 32.1. The molecule has 0 fully saturated rings. The summed E-state index contributed by atoms with van der Waals surface area (Å²) in [6, 6.07) is 20.9. The second kappa shape index (κ2) is 9.94. The molecular weight excluding hydrogens is 420 g/mol. The summed E-state index contributed by atoms with van der Waals surface area (Å²) >= 11 is 1.53. The number of fused-ring (bicyclic) bond motifs is 1. The maximum Gasteiger partial charge on any atom is 0.283 e. The molecule has 164 valence electrons. The summed E-state index contributed by atoms with van der Waals surface area (Å²) in [4.78, 5) is 18.4. The number of rotatable bonds is 7. The van der Waals surface area contributed by atoms with Crippen LogP contribution in [0.4, 0.5) is 0 Å². The maximum absolute atomic E-state index is 13.3. The molecule has 1 amide bonds. The molecule has 0 bridgehead atoms. The molecule has 1 aromatic heterocycles. The Kier molecular flexibility index (Phi) is 6.83. The lowest BCUT2D eigenvalue weighted by Gasteiger charge is -2.09. The summed E-state index contributed by atoms with van der Waals surface area (Å²) in [6.07, 6.45) is 0. The SMILES string of the molecule is CCOCCn1c(=NC(=O)c2ccccc2Oc2ccccc2)sc2c(C)cc(C)cc21. The zero-order valence-corrected chi connectivity index (χ0v) is 19.3. The fraction of sp³-hybridized carbons (Fsp3) is 0.231. The molecule has 0 aliphatic heterocycles. The lowest BCUT2D eigenvalue weighted by Crippen LogP contribution is -2.20. The number of benzene rings is 3. The van der Waals surface area contributed by atoms with Crippen molar-refractivity contribution >= 4 is 27.5 Å². The van der Waals surface area contributed by atoms with E-state index in [2.05, 4.69) is 35.5 Å². The number of para-hydroxylation sites is 2. The van der Waals surface area contributed by atoms with Crippen LogP contribution in [-0.2, 0) is 11.3 Å². The van der Waals surface area contributed by atoms with Gasteiger partial charge in [0.05, 0.1) is 22.4 Å². The normalized spacial score (nSPS) is 11.8. The first-order valence-electron chi connectivity index (χ1n) is 10.7. The van der Waals surface area contributed by atoms with E-state index < -0.39 is 0 Å². The second-order valence-electron chi connectivity index (χ2n) is 7.49. The standard InChI is InChI=1S/C26H26N2O3S/c1-4-30-15-14-28-22-17-18(2)16-19(3)24(22)32-26(28)27-25(29)21-12-8-9-13-23(21)31-20-10-6-5-7-11-20/h5-13,16-17H,4,14-15H2,1-3H3.